The van der Waals surface area contributed by atoms with E-state index in [2.05, 4.69) is 6.58 Å². The van der Waals surface area contributed by atoms with E-state index in [-0.39, 0.29) is 12.1 Å². The van der Waals surface area contributed by atoms with Gasteiger partial charge in [-0.1, -0.05) is 5.57 Å². The highest BCUT2D eigenvalue weighted by Crippen LogP contribution is 2.03. The van der Waals surface area contributed by atoms with Gasteiger partial charge in [0.15, 0.2) is 0 Å². The van der Waals surface area contributed by atoms with Gasteiger partial charge < -0.3 is 10.5 Å². The number of hydrogen-bond donors (Lipinski definition) is 1. The first-order valence-corrected chi connectivity index (χ1v) is 4.54. The van der Waals surface area contributed by atoms with Crippen LogP contribution in [-0.2, 0) is 4.74 Å². The molecule has 1 unspecified atom stereocenters. The van der Waals surface area contributed by atoms with Gasteiger partial charge in [0.25, 0.3) is 0 Å². The highest BCUT2D eigenvalue weighted by atomic mass is 16.5. The fourth-order valence-electron chi connectivity index (χ4n) is 0.831. The summed E-state index contributed by atoms with van der Waals surface area (Å²) in [5.41, 5.74) is 6.99. The van der Waals surface area contributed by atoms with Crippen LogP contribution in [0, 0.1) is 0 Å². The number of allylic oxidation sites excluding steroid dienone is 1. The largest absolute Gasteiger partial charge is 0.377 e. The maximum Gasteiger partial charge on any atom is 0.0621 e. The molecule has 0 aliphatic heterocycles. The first-order valence-electron chi connectivity index (χ1n) is 4.54. The van der Waals surface area contributed by atoms with Crippen molar-refractivity contribution in [2.24, 2.45) is 5.73 Å². The number of ether oxygens (including phenoxy) is 1. The lowest BCUT2D eigenvalue weighted by Crippen LogP contribution is -2.27. The normalized spacial score (nSPS) is 13.4. The van der Waals surface area contributed by atoms with E-state index < -0.39 is 0 Å². The van der Waals surface area contributed by atoms with E-state index in [0.29, 0.717) is 6.61 Å². The highest BCUT2D eigenvalue weighted by molar-refractivity contribution is 4.88. The SMILES string of the molecule is C=C(C)CCC(N)COC(C)C. The topological polar surface area (TPSA) is 35.2 Å². The molecule has 1 atom stereocenters. The Kier molecular flexibility index (Phi) is 6.03. The predicted molar refractivity (Wildman–Crippen MR) is 53.1 cm³/mol. The summed E-state index contributed by atoms with van der Waals surface area (Å²) in [7, 11) is 0. The van der Waals surface area contributed by atoms with Crippen molar-refractivity contribution in [3.8, 4) is 0 Å². The van der Waals surface area contributed by atoms with Crippen LogP contribution in [0.5, 0.6) is 0 Å². The molecular formula is C10H21NO. The summed E-state index contributed by atoms with van der Waals surface area (Å²) in [4.78, 5) is 0. The Bertz CT molecular complexity index is 132. The number of rotatable bonds is 6. The minimum Gasteiger partial charge on any atom is -0.377 e. The molecule has 0 aromatic heterocycles. The molecule has 0 amide bonds. The molecule has 0 aliphatic rings. The lowest BCUT2D eigenvalue weighted by molar-refractivity contribution is 0.0670. The Morgan fingerprint density at radius 1 is 1.50 bits per heavy atom. The van der Waals surface area contributed by atoms with Crippen LogP contribution in [0.3, 0.4) is 0 Å². The zero-order valence-corrected chi connectivity index (χ0v) is 8.47. The quantitative estimate of drug-likeness (QED) is 0.621. The van der Waals surface area contributed by atoms with Gasteiger partial charge in [-0.25, -0.2) is 0 Å². The van der Waals surface area contributed by atoms with E-state index in [1.54, 1.807) is 0 Å². The Balaban J connectivity index is 3.33. The molecule has 0 aromatic rings. The van der Waals surface area contributed by atoms with Crippen molar-refractivity contribution in [2.45, 2.75) is 45.8 Å². The Morgan fingerprint density at radius 3 is 2.50 bits per heavy atom. The van der Waals surface area contributed by atoms with E-state index in [1.165, 1.54) is 5.57 Å². The molecule has 0 heterocycles. The van der Waals surface area contributed by atoms with Gasteiger partial charge in [0.2, 0.25) is 0 Å². The van der Waals surface area contributed by atoms with Gasteiger partial charge in [0.1, 0.15) is 0 Å². The van der Waals surface area contributed by atoms with E-state index in [9.17, 15) is 0 Å². The van der Waals surface area contributed by atoms with Crippen molar-refractivity contribution in [3.63, 3.8) is 0 Å². The molecule has 2 nitrogen and oxygen atoms in total. The van der Waals surface area contributed by atoms with Gasteiger partial charge in [0.05, 0.1) is 12.7 Å². The van der Waals surface area contributed by atoms with Crippen LogP contribution >= 0.6 is 0 Å². The Labute approximate surface area is 75.8 Å². The molecule has 0 fully saturated rings. The maximum absolute atomic E-state index is 5.80. The van der Waals surface area contributed by atoms with E-state index in [4.69, 9.17) is 10.5 Å². The van der Waals surface area contributed by atoms with Gasteiger partial charge in [-0.15, -0.1) is 6.58 Å². The molecule has 0 aliphatic carbocycles. The lowest BCUT2D eigenvalue weighted by atomic mass is 10.1. The summed E-state index contributed by atoms with van der Waals surface area (Å²) >= 11 is 0. The molecule has 2 heteroatoms. The van der Waals surface area contributed by atoms with Crippen molar-refractivity contribution in [1.82, 2.24) is 0 Å². The molecule has 0 saturated heterocycles. The van der Waals surface area contributed by atoms with Crippen molar-refractivity contribution >= 4 is 0 Å². The van der Waals surface area contributed by atoms with Crippen LogP contribution in [0.2, 0.25) is 0 Å². The van der Waals surface area contributed by atoms with Gasteiger partial charge >= 0.3 is 0 Å². The van der Waals surface area contributed by atoms with Crippen LogP contribution < -0.4 is 5.73 Å². The van der Waals surface area contributed by atoms with Crippen molar-refractivity contribution < 1.29 is 4.74 Å². The van der Waals surface area contributed by atoms with E-state index >= 15 is 0 Å². The molecule has 2 N–H and O–H groups in total. The second-order valence-electron chi connectivity index (χ2n) is 3.64. The standard InChI is InChI=1S/C10H21NO/c1-8(2)5-6-10(11)7-12-9(3)4/h9-10H,1,5-7,11H2,2-4H3. The molecule has 0 rings (SSSR count). The van der Waals surface area contributed by atoms with Crippen molar-refractivity contribution in [1.29, 1.82) is 0 Å². The number of nitrogens with two attached hydrogens (primary N) is 1. The third kappa shape index (κ3) is 7.76. The zero-order chi connectivity index (χ0) is 9.56. The van der Waals surface area contributed by atoms with Crippen LogP contribution in [0.25, 0.3) is 0 Å². The first-order chi connectivity index (χ1) is 5.52. The summed E-state index contributed by atoms with van der Waals surface area (Å²) in [6.07, 6.45) is 2.26. The first kappa shape index (κ1) is 11.7. The third-order valence-corrected chi connectivity index (χ3v) is 1.59. The predicted octanol–water partition coefficient (Wildman–Crippen LogP) is 2.09. The Morgan fingerprint density at radius 2 is 2.08 bits per heavy atom. The van der Waals surface area contributed by atoms with E-state index in [1.807, 2.05) is 20.8 Å². The van der Waals surface area contributed by atoms with Crippen LogP contribution in [0.1, 0.15) is 33.6 Å². The molecule has 72 valence electrons. The molecule has 12 heavy (non-hydrogen) atoms. The van der Waals surface area contributed by atoms with Crippen LogP contribution in [-0.4, -0.2) is 18.8 Å². The van der Waals surface area contributed by atoms with Gasteiger partial charge in [-0.05, 0) is 33.6 Å². The molecular weight excluding hydrogens is 150 g/mol. The van der Waals surface area contributed by atoms with Gasteiger partial charge in [-0.3, -0.25) is 0 Å². The molecule has 0 spiro atoms. The summed E-state index contributed by atoms with van der Waals surface area (Å²) in [6.45, 7) is 10.5. The van der Waals surface area contributed by atoms with Crippen molar-refractivity contribution in [3.05, 3.63) is 12.2 Å². The van der Waals surface area contributed by atoms with E-state index in [0.717, 1.165) is 12.8 Å². The lowest BCUT2D eigenvalue weighted by Gasteiger charge is -2.13. The average molecular weight is 171 g/mol. The Hall–Kier alpha value is -0.340. The fourth-order valence-corrected chi connectivity index (χ4v) is 0.831. The summed E-state index contributed by atoms with van der Waals surface area (Å²) in [5.74, 6) is 0. The zero-order valence-electron chi connectivity index (χ0n) is 8.47. The molecule has 0 bridgehead atoms. The monoisotopic (exact) mass is 171 g/mol. The fraction of sp³-hybridized carbons (Fsp3) is 0.800. The molecule has 0 saturated carbocycles. The average Bonchev–Trinajstić information content (AvgIpc) is 1.96. The number of hydrogen-bond acceptors (Lipinski definition) is 2. The molecule has 0 radical (unpaired) electrons. The minimum atomic E-state index is 0.157. The minimum absolute atomic E-state index is 0.157. The molecule has 0 aromatic carbocycles. The van der Waals surface area contributed by atoms with Crippen LogP contribution in [0.4, 0.5) is 0 Å². The summed E-state index contributed by atoms with van der Waals surface area (Å²) in [5, 5.41) is 0. The third-order valence-electron chi connectivity index (χ3n) is 1.59. The van der Waals surface area contributed by atoms with Crippen molar-refractivity contribution in [2.75, 3.05) is 6.61 Å². The van der Waals surface area contributed by atoms with Gasteiger partial charge in [0, 0.05) is 6.04 Å². The van der Waals surface area contributed by atoms with Crippen LogP contribution in [0.15, 0.2) is 12.2 Å². The summed E-state index contributed by atoms with van der Waals surface area (Å²) < 4.78 is 5.38. The smallest absolute Gasteiger partial charge is 0.0621 e. The second-order valence-corrected chi connectivity index (χ2v) is 3.64. The maximum atomic E-state index is 5.80. The second kappa shape index (κ2) is 6.21. The summed E-state index contributed by atoms with van der Waals surface area (Å²) in [6, 6.07) is 0.157. The van der Waals surface area contributed by atoms with Gasteiger partial charge in [-0.2, -0.15) is 0 Å². The highest BCUT2D eigenvalue weighted by Gasteiger charge is 2.03.